The fraction of sp³-hybridized carbons (Fsp3) is 0.250. The smallest absolute Gasteiger partial charge is 0.0728 e. The maximum Gasteiger partial charge on any atom is 0.0728 e. The van der Waals surface area contributed by atoms with E-state index in [1.165, 1.54) is 5.70 Å². The molecule has 52 valence electrons. The summed E-state index contributed by atoms with van der Waals surface area (Å²) in [5, 5.41) is 3.25. The minimum absolute atomic E-state index is 0.937. The molecule has 0 aromatic rings. The van der Waals surface area contributed by atoms with Gasteiger partial charge < -0.3 is 4.90 Å². The average Bonchev–Trinajstić information content (AvgIpc) is 2.05. The molecule has 0 unspecified atom stereocenters. The van der Waals surface area contributed by atoms with E-state index in [0.29, 0.717) is 0 Å². The van der Waals surface area contributed by atoms with Gasteiger partial charge in [-0.25, -0.2) is 0 Å². The Morgan fingerprint density at radius 2 is 2.40 bits per heavy atom. The van der Waals surface area contributed by atoms with Crippen LogP contribution in [-0.4, -0.2) is 18.1 Å². The third-order valence-corrected chi connectivity index (χ3v) is 1.71. The first-order valence-corrected chi connectivity index (χ1v) is 3.49. The summed E-state index contributed by atoms with van der Waals surface area (Å²) in [4.78, 5) is 2.18. The standard InChI is InChI=1S/C8H10N2/c1-2-6-10-7-9-5-4-8(10)3-1/h1-4,6,9H,5,7H2. The van der Waals surface area contributed by atoms with Gasteiger partial charge in [-0.3, -0.25) is 5.32 Å². The molecule has 0 atom stereocenters. The van der Waals surface area contributed by atoms with Gasteiger partial charge in [-0.1, -0.05) is 6.08 Å². The van der Waals surface area contributed by atoms with Crippen LogP contribution in [0.5, 0.6) is 0 Å². The van der Waals surface area contributed by atoms with Gasteiger partial charge in [-0.15, -0.1) is 0 Å². The Morgan fingerprint density at radius 1 is 1.40 bits per heavy atom. The van der Waals surface area contributed by atoms with Crippen LogP contribution in [0.2, 0.25) is 0 Å². The summed E-state index contributed by atoms with van der Waals surface area (Å²) in [5.41, 5.74) is 1.31. The number of fused-ring (bicyclic) bond motifs is 1. The van der Waals surface area contributed by atoms with Gasteiger partial charge in [0.25, 0.3) is 0 Å². The summed E-state index contributed by atoms with van der Waals surface area (Å²) in [6.45, 7) is 1.93. The molecule has 0 amide bonds. The Bertz CT molecular complexity index is 213. The van der Waals surface area contributed by atoms with Gasteiger partial charge in [0.2, 0.25) is 0 Å². The molecule has 2 heteroatoms. The number of allylic oxidation sites excluding steroid dienone is 3. The number of rotatable bonds is 0. The number of hydrogen-bond acceptors (Lipinski definition) is 2. The maximum absolute atomic E-state index is 3.25. The summed E-state index contributed by atoms with van der Waals surface area (Å²) >= 11 is 0. The average molecular weight is 134 g/mol. The summed E-state index contributed by atoms with van der Waals surface area (Å²) < 4.78 is 0. The fourth-order valence-electron chi connectivity index (χ4n) is 1.18. The lowest BCUT2D eigenvalue weighted by Crippen LogP contribution is -2.34. The number of hydrogen-bond donors (Lipinski definition) is 1. The van der Waals surface area contributed by atoms with Crippen molar-refractivity contribution < 1.29 is 0 Å². The monoisotopic (exact) mass is 134 g/mol. The van der Waals surface area contributed by atoms with Crippen LogP contribution in [-0.2, 0) is 0 Å². The van der Waals surface area contributed by atoms with E-state index in [0.717, 1.165) is 13.2 Å². The van der Waals surface area contributed by atoms with Crippen LogP contribution in [0.15, 0.2) is 36.2 Å². The Hall–Kier alpha value is -1.02. The number of nitrogens with one attached hydrogen (secondary N) is 1. The molecule has 0 aliphatic carbocycles. The molecule has 2 nitrogen and oxygen atoms in total. The zero-order valence-electron chi connectivity index (χ0n) is 5.75. The highest BCUT2D eigenvalue weighted by molar-refractivity contribution is 5.29. The molecule has 0 bridgehead atoms. The van der Waals surface area contributed by atoms with Crippen molar-refractivity contribution in [2.75, 3.05) is 13.2 Å². The third-order valence-electron chi connectivity index (χ3n) is 1.71. The van der Waals surface area contributed by atoms with Gasteiger partial charge in [0.05, 0.1) is 6.67 Å². The lowest BCUT2D eigenvalue weighted by Gasteiger charge is -2.27. The fourth-order valence-corrected chi connectivity index (χ4v) is 1.18. The van der Waals surface area contributed by atoms with E-state index in [2.05, 4.69) is 34.6 Å². The zero-order valence-corrected chi connectivity index (χ0v) is 5.75. The Morgan fingerprint density at radius 3 is 3.30 bits per heavy atom. The minimum Gasteiger partial charge on any atom is -0.335 e. The van der Waals surface area contributed by atoms with Gasteiger partial charge in [0.15, 0.2) is 0 Å². The Balaban J connectivity index is 2.27. The summed E-state index contributed by atoms with van der Waals surface area (Å²) in [5.74, 6) is 0. The SMILES string of the molecule is C1=CC2=CCNCN2C=C1. The molecule has 2 heterocycles. The van der Waals surface area contributed by atoms with Crippen molar-refractivity contribution in [2.45, 2.75) is 0 Å². The number of nitrogens with zero attached hydrogens (tertiary/aromatic N) is 1. The maximum atomic E-state index is 3.25. The van der Waals surface area contributed by atoms with E-state index in [1.54, 1.807) is 0 Å². The summed E-state index contributed by atoms with van der Waals surface area (Å²) in [6.07, 6.45) is 10.5. The second-order valence-electron chi connectivity index (χ2n) is 2.41. The molecule has 10 heavy (non-hydrogen) atoms. The predicted octanol–water partition coefficient (Wildman–Crippen LogP) is 0.817. The van der Waals surface area contributed by atoms with Crippen molar-refractivity contribution in [3.05, 3.63) is 36.2 Å². The van der Waals surface area contributed by atoms with Crippen LogP contribution >= 0.6 is 0 Å². The van der Waals surface area contributed by atoms with Crippen molar-refractivity contribution >= 4 is 0 Å². The third kappa shape index (κ3) is 0.866. The largest absolute Gasteiger partial charge is 0.335 e. The Labute approximate surface area is 60.5 Å². The van der Waals surface area contributed by atoms with E-state index in [1.807, 2.05) is 6.08 Å². The second-order valence-corrected chi connectivity index (χ2v) is 2.41. The van der Waals surface area contributed by atoms with E-state index >= 15 is 0 Å². The van der Waals surface area contributed by atoms with Gasteiger partial charge >= 0.3 is 0 Å². The lowest BCUT2D eigenvalue weighted by molar-refractivity contribution is 0.411. The highest BCUT2D eigenvalue weighted by Crippen LogP contribution is 2.12. The Kier molecular flexibility index (Phi) is 1.32. The molecule has 0 radical (unpaired) electrons. The molecule has 1 N–H and O–H groups in total. The van der Waals surface area contributed by atoms with Crippen LogP contribution in [0, 0.1) is 0 Å². The first-order chi connectivity index (χ1) is 4.97. The van der Waals surface area contributed by atoms with Gasteiger partial charge in [-0.05, 0) is 18.2 Å². The van der Waals surface area contributed by atoms with Crippen molar-refractivity contribution in [1.29, 1.82) is 0 Å². The van der Waals surface area contributed by atoms with E-state index in [9.17, 15) is 0 Å². The van der Waals surface area contributed by atoms with E-state index < -0.39 is 0 Å². The van der Waals surface area contributed by atoms with E-state index in [-0.39, 0.29) is 0 Å². The topological polar surface area (TPSA) is 15.3 Å². The molecule has 0 aromatic heterocycles. The molecule has 0 aromatic carbocycles. The minimum atomic E-state index is 0.937. The van der Waals surface area contributed by atoms with Gasteiger partial charge in [0, 0.05) is 18.4 Å². The van der Waals surface area contributed by atoms with Crippen LogP contribution < -0.4 is 5.32 Å². The van der Waals surface area contributed by atoms with Gasteiger partial charge in [0.1, 0.15) is 0 Å². The van der Waals surface area contributed by atoms with Crippen LogP contribution in [0.1, 0.15) is 0 Å². The molecule has 0 spiro atoms. The van der Waals surface area contributed by atoms with E-state index in [4.69, 9.17) is 0 Å². The van der Waals surface area contributed by atoms with Gasteiger partial charge in [-0.2, -0.15) is 0 Å². The molecule has 0 saturated heterocycles. The molecule has 0 fully saturated rings. The molecular formula is C8H10N2. The zero-order chi connectivity index (χ0) is 6.81. The normalized spacial score (nSPS) is 22.4. The first-order valence-electron chi connectivity index (χ1n) is 3.49. The van der Waals surface area contributed by atoms with Crippen molar-refractivity contribution in [1.82, 2.24) is 10.2 Å². The first kappa shape index (κ1) is 5.74. The highest BCUT2D eigenvalue weighted by Gasteiger charge is 2.08. The second kappa shape index (κ2) is 2.31. The van der Waals surface area contributed by atoms with Crippen LogP contribution in [0.3, 0.4) is 0 Å². The van der Waals surface area contributed by atoms with Crippen molar-refractivity contribution in [2.24, 2.45) is 0 Å². The molecule has 2 aliphatic rings. The van der Waals surface area contributed by atoms with Crippen LogP contribution in [0.4, 0.5) is 0 Å². The lowest BCUT2D eigenvalue weighted by atomic mass is 10.2. The predicted molar refractivity (Wildman–Crippen MR) is 41.1 cm³/mol. The molecular weight excluding hydrogens is 124 g/mol. The molecule has 2 aliphatic heterocycles. The molecule has 0 saturated carbocycles. The van der Waals surface area contributed by atoms with Crippen molar-refractivity contribution in [3.8, 4) is 0 Å². The quantitative estimate of drug-likeness (QED) is 0.527. The molecule has 2 rings (SSSR count). The highest BCUT2D eigenvalue weighted by atomic mass is 15.2. The summed E-state index contributed by atoms with van der Waals surface area (Å²) in [6, 6.07) is 0. The van der Waals surface area contributed by atoms with Crippen molar-refractivity contribution in [3.63, 3.8) is 0 Å². The summed E-state index contributed by atoms with van der Waals surface area (Å²) in [7, 11) is 0. The van der Waals surface area contributed by atoms with Crippen LogP contribution in [0.25, 0.3) is 0 Å².